The Bertz CT molecular complexity index is 787. The molecule has 1 heterocycles. The van der Waals surface area contributed by atoms with Gasteiger partial charge in [0.2, 0.25) is 5.91 Å². The maximum atomic E-state index is 12.8. The molecule has 5 nitrogen and oxygen atoms in total. The third kappa shape index (κ3) is 4.49. The first-order chi connectivity index (χ1) is 13.0. The van der Waals surface area contributed by atoms with E-state index in [2.05, 4.69) is 0 Å². The van der Waals surface area contributed by atoms with E-state index < -0.39 is 0 Å². The van der Waals surface area contributed by atoms with Crippen molar-refractivity contribution in [2.24, 2.45) is 11.7 Å². The quantitative estimate of drug-likeness (QED) is 0.879. The fourth-order valence-electron chi connectivity index (χ4n) is 3.31. The number of nitrogens with zero attached hydrogens (tertiary/aromatic N) is 2. The summed E-state index contributed by atoms with van der Waals surface area (Å²) in [4.78, 5) is 29.0. The minimum absolute atomic E-state index is 0.0324. The first-order valence-corrected chi connectivity index (χ1v) is 9.49. The first-order valence-electron chi connectivity index (χ1n) is 9.11. The Kier molecular flexibility index (Phi) is 6.14. The zero-order chi connectivity index (χ0) is 19.4. The molecule has 0 aromatic heterocycles. The number of piperazine rings is 1. The molecule has 27 heavy (non-hydrogen) atoms. The highest BCUT2D eigenvalue weighted by Gasteiger charge is 2.30. The lowest BCUT2D eigenvalue weighted by atomic mass is 9.94. The number of carbonyl (C=O) groups excluding carboxylic acids is 2. The molecule has 2 atom stereocenters. The van der Waals surface area contributed by atoms with Crippen LogP contribution in [0.1, 0.15) is 28.9 Å². The van der Waals surface area contributed by atoms with Gasteiger partial charge in [0.1, 0.15) is 0 Å². The largest absolute Gasteiger partial charge is 0.339 e. The normalized spacial score (nSPS) is 16.7. The van der Waals surface area contributed by atoms with E-state index in [1.54, 1.807) is 34.1 Å². The molecule has 2 unspecified atom stereocenters. The fourth-order valence-corrected chi connectivity index (χ4v) is 3.44. The lowest BCUT2D eigenvalue weighted by Gasteiger charge is -2.37. The molecule has 1 aliphatic heterocycles. The van der Waals surface area contributed by atoms with Crippen LogP contribution in [0.4, 0.5) is 0 Å². The highest BCUT2D eigenvalue weighted by atomic mass is 35.5. The summed E-state index contributed by atoms with van der Waals surface area (Å²) < 4.78 is 0. The summed E-state index contributed by atoms with van der Waals surface area (Å²) in [6.45, 7) is 3.93. The van der Waals surface area contributed by atoms with Gasteiger partial charge in [0.15, 0.2) is 0 Å². The van der Waals surface area contributed by atoms with Crippen molar-refractivity contribution in [1.82, 2.24) is 9.80 Å². The van der Waals surface area contributed by atoms with E-state index in [0.717, 1.165) is 5.56 Å². The lowest BCUT2D eigenvalue weighted by molar-refractivity contribution is -0.137. The van der Waals surface area contributed by atoms with Crippen LogP contribution in [0.15, 0.2) is 54.6 Å². The van der Waals surface area contributed by atoms with Crippen molar-refractivity contribution in [3.8, 4) is 0 Å². The van der Waals surface area contributed by atoms with Crippen LogP contribution in [0.3, 0.4) is 0 Å². The number of rotatable bonds is 4. The topological polar surface area (TPSA) is 66.6 Å². The maximum Gasteiger partial charge on any atom is 0.253 e. The van der Waals surface area contributed by atoms with Gasteiger partial charge in [0.25, 0.3) is 5.91 Å². The van der Waals surface area contributed by atoms with Gasteiger partial charge >= 0.3 is 0 Å². The molecule has 2 amide bonds. The second-order valence-electron chi connectivity index (χ2n) is 6.85. The predicted octanol–water partition coefficient (Wildman–Crippen LogP) is 2.96. The zero-order valence-corrected chi connectivity index (χ0v) is 16.1. The summed E-state index contributed by atoms with van der Waals surface area (Å²) in [6.07, 6.45) is 0. The monoisotopic (exact) mass is 385 g/mol. The molecule has 2 aromatic rings. The Morgan fingerprint density at radius 3 is 2.07 bits per heavy atom. The second-order valence-corrected chi connectivity index (χ2v) is 7.29. The molecule has 1 aliphatic rings. The van der Waals surface area contributed by atoms with Crippen LogP contribution >= 0.6 is 11.6 Å². The minimum atomic E-state index is -0.340. The number of nitrogens with two attached hydrogens (primary N) is 1. The maximum absolute atomic E-state index is 12.8. The Hall–Kier alpha value is -2.37. The Morgan fingerprint density at radius 2 is 1.48 bits per heavy atom. The average molecular weight is 386 g/mol. The molecule has 0 aliphatic carbocycles. The molecule has 0 spiro atoms. The smallest absolute Gasteiger partial charge is 0.253 e. The summed E-state index contributed by atoms with van der Waals surface area (Å²) in [5.74, 6) is -0.316. The highest BCUT2D eigenvalue weighted by molar-refractivity contribution is 6.30. The SMILES string of the molecule is CC(C(=O)N1CCN(C(=O)c2ccc(Cl)cc2)CC1)C(N)c1ccccc1. The van der Waals surface area contributed by atoms with Crippen LogP contribution < -0.4 is 5.73 Å². The lowest BCUT2D eigenvalue weighted by Crippen LogP contribution is -2.52. The summed E-state index contributed by atoms with van der Waals surface area (Å²) in [7, 11) is 0. The number of halogens is 1. The summed E-state index contributed by atoms with van der Waals surface area (Å²) in [6, 6.07) is 16.2. The Morgan fingerprint density at radius 1 is 0.926 bits per heavy atom. The van der Waals surface area contributed by atoms with Gasteiger partial charge in [0.05, 0.1) is 5.92 Å². The molecule has 142 valence electrons. The number of amides is 2. The van der Waals surface area contributed by atoms with Crippen LogP contribution in [-0.4, -0.2) is 47.8 Å². The average Bonchev–Trinajstić information content (AvgIpc) is 2.73. The van der Waals surface area contributed by atoms with Crippen molar-refractivity contribution in [2.75, 3.05) is 26.2 Å². The van der Waals surface area contributed by atoms with Gasteiger partial charge in [-0.2, -0.15) is 0 Å². The van der Waals surface area contributed by atoms with E-state index in [1.807, 2.05) is 37.3 Å². The van der Waals surface area contributed by atoms with Gasteiger partial charge < -0.3 is 15.5 Å². The van der Waals surface area contributed by atoms with Crippen molar-refractivity contribution in [2.45, 2.75) is 13.0 Å². The van der Waals surface area contributed by atoms with Crippen LogP contribution in [-0.2, 0) is 4.79 Å². The zero-order valence-electron chi connectivity index (χ0n) is 15.3. The van der Waals surface area contributed by atoms with Crippen LogP contribution in [0.25, 0.3) is 0 Å². The van der Waals surface area contributed by atoms with E-state index in [1.165, 1.54) is 0 Å². The molecule has 3 rings (SSSR count). The summed E-state index contributed by atoms with van der Waals surface area (Å²) >= 11 is 5.88. The molecule has 2 aromatic carbocycles. The molecular formula is C21H24ClN3O2. The van der Waals surface area contributed by atoms with Crippen molar-refractivity contribution in [3.05, 3.63) is 70.7 Å². The highest BCUT2D eigenvalue weighted by Crippen LogP contribution is 2.22. The van der Waals surface area contributed by atoms with Gasteiger partial charge in [-0.15, -0.1) is 0 Å². The van der Waals surface area contributed by atoms with Gasteiger partial charge in [-0.1, -0.05) is 48.9 Å². The van der Waals surface area contributed by atoms with E-state index in [4.69, 9.17) is 17.3 Å². The number of benzene rings is 2. The Labute approximate surface area is 164 Å². The van der Waals surface area contributed by atoms with E-state index in [0.29, 0.717) is 36.8 Å². The van der Waals surface area contributed by atoms with Crippen molar-refractivity contribution < 1.29 is 9.59 Å². The summed E-state index contributed by atoms with van der Waals surface area (Å²) in [5.41, 5.74) is 7.85. The Balaban J connectivity index is 1.57. The third-order valence-corrected chi connectivity index (χ3v) is 5.33. The first kappa shape index (κ1) is 19.4. The van der Waals surface area contributed by atoms with Gasteiger partial charge in [-0.25, -0.2) is 0 Å². The van der Waals surface area contributed by atoms with Gasteiger partial charge in [0, 0.05) is 42.8 Å². The van der Waals surface area contributed by atoms with Crippen LogP contribution in [0.5, 0.6) is 0 Å². The molecule has 1 fully saturated rings. The molecule has 0 saturated carbocycles. The fraction of sp³-hybridized carbons (Fsp3) is 0.333. The van der Waals surface area contributed by atoms with E-state index >= 15 is 0 Å². The van der Waals surface area contributed by atoms with Gasteiger partial charge in [-0.05, 0) is 29.8 Å². The minimum Gasteiger partial charge on any atom is -0.339 e. The predicted molar refractivity (Wildman–Crippen MR) is 106 cm³/mol. The standard InChI is InChI=1S/C21H24ClN3O2/c1-15(19(23)16-5-3-2-4-6-16)20(26)24-11-13-25(14-12-24)21(27)17-7-9-18(22)10-8-17/h2-10,15,19H,11-14,23H2,1H3. The van der Waals surface area contributed by atoms with Crippen LogP contribution in [0, 0.1) is 5.92 Å². The van der Waals surface area contributed by atoms with Gasteiger partial charge in [-0.3, -0.25) is 9.59 Å². The summed E-state index contributed by atoms with van der Waals surface area (Å²) in [5, 5.41) is 0.603. The van der Waals surface area contributed by atoms with Crippen molar-refractivity contribution >= 4 is 23.4 Å². The molecular weight excluding hydrogens is 362 g/mol. The number of hydrogen-bond acceptors (Lipinski definition) is 3. The number of hydrogen-bond donors (Lipinski definition) is 1. The molecule has 1 saturated heterocycles. The molecule has 0 radical (unpaired) electrons. The molecule has 2 N–H and O–H groups in total. The third-order valence-electron chi connectivity index (χ3n) is 5.08. The second kappa shape index (κ2) is 8.55. The molecule has 0 bridgehead atoms. The van der Waals surface area contributed by atoms with E-state index in [9.17, 15) is 9.59 Å². The van der Waals surface area contributed by atoms with E-state index in [-0.39, 0.29) is 23.8 Å². The molecule has 6 heteroatoms. The van der Waals surface area contributed by atoms with Crippen molar-refractivity contribution in [3.63, 3.8) is 0 Å². The van der Waals surface area contributed by atoms with Crippen LogP contribution in [0.2, 0.25) is 5.02 Å². The van der Waals surface area contributed by atoms with Crippen molar-refractivity contribution in [1.29, 1.82) is 0 Å². The number of carbonyl (C=O) groups is 2.